The van der Waals surface area contributed by atoms with Crippen LogP contribution in [0, 0.1) is 5.92 Å². The molecule has 0 aromatic heterocycles. The highest BCUT2D eigenvalue weighted by Crippen LogP contribution is 2.32. The average molecular weight is 440 g/mol. The molecule has 0 saturated carbocycles. The van der Waals surface area contributed by atoms with E-state index in [1.165, 1.54) is 0 Å². The molecule has 1 aliphatic heterocycles. The van der Waals surface area contributed by atoms with Crippen molar-refractivity contribution >= 4 is 23.0 Å². The zero-order valence-corrected chi connectivity index (χ0v) is 18.0. The summed E-state index contributed by atoms with van der Waals surface area (Å²) in [5, 5.41) is 3.55. The minimum atomic E-state index is -0.519. The molecule has 1 fully saturated rings. The summed E-state index contributed by atoms with van der Waals surface area (Å²) in [6.07, 6.45) is 2.16. The van der Waals surface area contributed by atoms with Crippen molar-refractivity contribution in [3.05, 3.63) is 74.0 Å². The summed E-state index contributed by atoms with van der Waals surface area (Å²) in [7, 11) is 0. The number of rotatable bonds is 8. The second-order valence-corrected chi connectivity index (χ2v) is 8.39. The van der Waals surface area contributed by atoms with Crippen molar-refractivity contribution in [1.29, 1.82) is 0 Å². The lowest BCUT2D eigenvalue weighted by atomic mass is 9.97. The summed E-state index contributed by atoms with van der Waals surface area (Å²) >= 11 is 6.22. The molecule has 0 atom stereocenters. The first kappa shape index (κ1) is 21.4. The number of anilines is 2. The molecule has 0 aliphatic carbocycles. The number of hydrogen-bond acceptors (Lipinski definition) is 6. The number of nitrogen functional groups attached to an aromatic ring is 1. The van der Waals surface area contributed by atoms with Gasteiger partial charge in [-0.05, 0) is 62.2 Å². The molecular formula is C24H26ClN3O3. The summed E-state index contributed by atoms with van der Waals surface area (Å²) in [6, 6.07) is 14.8. The molecule has 0 amide bonds. The number of likely N-dealkylation sites (tertiary alicyclic amines) is 1. The number of piperidine rings is 1. The van der Waals surface area contributed by atoms with Crippen LogP contribution in [0.4, 0.5) is 11.4 Å². The van der Waals surface area contributed by atoms with Gasteiger partial charge in [-0.15, -0.1) is 0 Å². The predicted octanol–water partition coefficient (Wildman–Crippen LogP) is 3.39. The second kappa shape index (κ2) is 9.54. The molecule has 0 unspecified atom stereocenters. The molecule has 1 aliphatic rings. The van der Waals surface area contributed by atoms with Crippen molar-refractivity contribution in [1.82, 2.24) is 4.90 Å². The Morgan fingerprint density at radius 3 is 2.55 bits per heavy atom. The lowest BCUT2D eigenvalue weighted by Crippen LogP contribution is -2.40. The molecule has 0 bridgehead atoms. The van der Waals surface area contributed by atoms with E-state index in [4.69, 9.17) is 22.1 Å². The summed E-state index contributed by atoms with van der Waals surface area (Å²) < 4.78 is 5.88. The van der Waals surface area contributed by atoms with E-state index in [1.807, 2.05) is 30.3 Å². The van der Waals surface area contributed by atoms with Gasteiger partial charge in [-0.25, -0.2) is 0 Å². The van der Waals surface area contributed by atoms with Crippen molar-refractivity contribution in [3.8, 4) is 16.9 Å². The van der Waals surface area contributed by atoms with Gasteiger partial charge in [0.15, 0.2) is 0 Å². The zero-order chi connectivity index (χ0) is 21.8. The van der Waals surface area contributed by atoms with E-state index < -0.39 is 10.9 Å². The van der Waals surface area contributed by atoms with Crippen LogP contribution < -0.4 is 26.6 Å². The van der Waals surface area contributed by atoms with Crippen molar-refractivity contribution in [2.24, 2.45) is 5.92 Å². The third-order valence-electron chi connectivity index (χ3n) is 5.84. The smallest absolute Gasteiger partial charge is 0.250 e. The average Bonchev–Trinajstić information content (AvgIpc) is 2.80. The Bertz CT molecular complexity index is 1100. The van der Waals surface area contributed by atoms with E-state index in [9.17, 15) is 9.59 Å². The Kier molecular flexibility index (Phi) is 6.59. The Morgan fingerprint density at radius 1 is 1.06 bits per heavy atom. The van der Waals surface area contributed by atoms with Crippen LogP contribution in [0.3, 0.4) is 0 Å². The number of nitrogens with one attached hydrogen (secondary N) is 1. The number of nitrogens with zero attached hydrogens (tertiary/aromatic N) is 1. The molecular weight excluding hydrogens is 414 g/mol. The Labute approximate surface area is 186 Å². The minimum Gasteiger partial charge on any atom is -0.493 e. The highest BCUT2D eigenvalue weighted by molar-refractivity contribution is 6.33. The van der Waals surface area contributed by atoms with Gasteiger partial charge in [-0.2, -0.15) is 0 Å². The molecule has 31 heavy (non-hydrogen) atoms. The summed E-state index contributed by atoms with van der Waals surface area (Å²) in [5.74, 6) is 1.47. The number of benzene rings is 2. The van der Waals surface area contributed by atoms with Gasteiger partial charge in [-0.1, -0.05) is 29.8 Å². The van der Waals surface area contributed by atoms with Crippen LogP contribution in [0.1, 0.15) is 12.8 Å². The van der Waals surface area contributed by atoms with Crippen molar-refractivity contribution < 1.29 is 4.74 Å². The molecule has 3 aromatic carbocycles. The topological polar surface area (TPSA) is 84.7 Å². The van der Waals surface area contributed by atoms with Crippen LogP contribution in [0.25, 0.3) is 11.1 Å². The van der Waals surface area contributed by atoms with Crippen LogP contribution in [0.2, 0.25) is 5.02 Å². The van der Waals surface area contributed by atoms with Crippen LogP contribution in [0.15, 0.2) is 58.1 Å². The summed E-state index contributed by atoms with van der Waals surface area (Å²) in [5.41, 5.74) is 6.48. The van der Waals surface area contributed by atoms with E-state index in [0.29, 0.717) is 40.0 Å². The fourth-order valence-electron chi connectivity index (χ4n) is 4.00. The largest absolute Gasteiger partial charge is 0.493 e. The van der Waals surface area contributed by atoms with E-state index >= 15 is 0 Å². The van der Waals surface area contributed by atoms with E-state index in [1.54, 1.807) is 18.2 Å². The van der Waals surface area contributed by atoms with Gasteiger partial charge in [0.1, 0.15) is 5.75 Å². The molecule has 1 saturated heterocycles. The maximum Gasteiger partial charge on any atom is 0.250 e. The van der Waals surface area contributed by atoms with Crippen molar-refractivity contribution in [2.45, 2.75) is 12.8 Å². The maximum atomic E-state index is 12.1. The van der Waals surface area contributed by atoms with Gasteiger partial charge in [0.2, 0.25) is 10.9 Å². The van der Waals surface area contributed by atoms with Crippen LogP contribution >= 0.6 is 11.6 Å². The maximum absolute atomic E-state index is 12.1. The molecule has 0 spiro atoms. The molecule has 162 valence electrons. The molecule has 6 nitrogen and oxygen atoms in total. The summed E-state index contributed by atoms with van der Waals surface area (Å²) in [4.78, 5) is 26.6. The van der Waals surface area contributed by atoms with Crippen LogP contribution in [-0.2, 0) is 0 Å². The molecule has 3 N–H and O–H groups in total. The van der Waals surface area contributed by atoms with Crippen molar-refractivity contribution in [3.63, 3.8) is 0 Å². The van der Waals surface area contributed by atoms with Gasteiger partial charge in [0.25, 0.3) is 0 Å². The quantitative estimate of drug-likeness (QED) is 0.413. The monoisotopic (exact) mass is 439 g/mol. The standard InChI is InChI=1S/C24H26ClN3O3/c25-20-7-6-17(26)14-19(20)21-22(24(30)23(21)29)27-10-13-28-11-8-16(9-12-28)15-31-18-4-2-1-3-5-18/h1-7,14,16,27H,8-13,15,26H2. The lowest BCUT2D eigenvalue weighted by molar-refractivity contribution is 0.144. The third-order valence-corrected chi connectivity index (χ3v) is 6.17. The molecule has 1 heterocycles. The first-order valence-electron chi connectivity index (χ1n) is 10.6. The SMILES string of the molecule is Nc1ccc(Cl)c(-c2c(NCCN3CCC(COc4ccccc4)CC3)c(=O)c2=O)c1. The normalized spacial score (nSPS) is 15.3. The van der Waals surface area contributed by atoms with E-state index in [2.05, 4.69) is 10.2 Å². The van der Waals surface area contributed by atoms with Crippen LogP contribution in [0.5, 0.6) is 5.75 Å². The first-order valence-corrected chi connectivity index (χ1v) is 10.9. The molecule has 7 heteroatoms. The first-order chi connectivity index (χ1) is 15.0. The number of para-hydroxylation sites is 1. The second-order valence-electron chi connectivity index (χ2n) is 7.98. The molecule has 4 rings (SSSR count). The predicted molar refractivity (Wildman–Crippen MR) is 126 cm³/mol. The van der Waals surface area contributed by atoms with E-state index in [0.717, 1.165) is 44.8 Å². The van der Waals surface area contributed by atoms with Gasteiger partial charge in [0, 0.05) is 29.4 Å². The highest BCUT2D eigenvalue weighted by Gasteiger charge is 2.24. The van der Waals surface area contributed by atoms with Gasteiger partial charge in [0.05, 0.1) is 17.9 Å². The highest BCUT2D eigenvalue weighted by atomic mass is 35.5. The van der Waals surface area contributed by atoms with Gasteiger partial charge >= 0.3 is 0 Å². The fourth-order valence-corrected chi connectivity index (χ4v) is 4.21. The number of halogens is 1. The van der Waals surface area contributed by atoms with E-state index in [-0.39, 0.29) is 0 Å². The number of hydrogen-bond donors (Lipinski definition) is 2. The van der Waals surface area contributed by atoms with Gasteiger partial charge in [-0.3, -0.25) is 9.59 Å². The third kappa shape index (κ3) is 4.92. The van der Waals surface area contributed by atoms with Crippen molar-refractivity contribution in [2.75, 3.05) is 43.8 Å². The molecule has 0 radical (unpaired) electrons. The van der Waals surface area contributed by atoms with Crippen LogP contribution in [-0.4, -0.2) is 37.7 Å². The Balaban J connectivity index is 1.26. The summed E-state index contributed by atoms with van der Waals surface area (Å²) in [6.45, 7) is 4.11. The van der Waals surface area contributed by atoms with Gasteiger partial charge < -0.3 is 20.7 Å². The number of nitrogens with two attached hydrogens (primary N) is 1. The molecule has 3 aromatic rings. The Hall–Kier alpha value is -2.83. The number of ether oxygens (including phenoxy) is 1. The lowest BCUT2D eigenvalue weighted by Gasteiger charge is -2.32. The minimum absolute atomic E-state index is 0.332. The Morgan fingerprint density at radius 2 is 1.81 bits per heavy atom. The zero-order valence-electron chi connectivity index (χ0n) is 17.3. The fraction of sp³-hybridized carbons (Fsp3) is 0.333.